The molecule has 2 aromatic carbocycles. The zero-order chi connectivity index (χ0) is 26.6. The molecule has 5 nitrogen and oxygen atoms in total. The van der Waals surface area contributed by atoms with Gasteiger partial charge in [0.2, 0.25) is 5.91 Å². The quantitative estimate of drug-likeness (QED) is 0.267. The van der Waals surface area contributed by atoms with E-state index in [1.54, 1.807) is 4.90 Å². The molecule has 0 unspecified atom stereocenters. The third-order valence-electron chi connectivity index (χ3n) is 6.57. The molecule has 0 heterocycles. The fourth-order valence-corrected chi connectivity index (χ4v) is 4.34. The summed E-state index contributed by atoms with van der Waals surface area (Å²) in [5, 5.41) is 6.48. The second kappa shape index (κ2) is 14.7. The summed E-state index contributed by atoms with van der Waals surface area (Å²) in [5.41, 5.74) is 4.29. The molecule has 0 aliphatic carbocycles. The Balaban J connectivity index is 1.94. The highest BCUT2D eigenvalue weighted by molar-refractivity contribution is 5.98. The van der Waals surface area contributed by atoms with Crippen LogP contribution in [0.1, 0.15) is 101 Å². The van der Waals surface area contributed by atoms with Crippen LogP contribution in [0.5, 0.6) is 0 Å². The van der Waals surface area contributed by atoms with Gasteiger partial charge in [-0.1, -0.05) is 76.1 Å². The van der Waals surface area contributed by atoms with Crippen LogP contribution in [0, 0.1) is 13.8 Å². The second-order valence-electron chi connectivity index (χ2n) is 10.9. The molecule has 0 aromatic heterocycles. The molecule has 2 amide bonds. The van der Waals surface area contributed by atoms with E-state index < -0.39 is 5.54 Å². The molecule has 2 aromatic rings. The number of carbonyl (C=O) groups is 2. The van der Waals surface area contributed by atoms with Gasteiger partial charge in [-0.15, -0.1) is 0 Å². The highest BCUT2D eigenvalue weighted by Gasteiger charge is 2.29. The maximum Gasteiger partial charge on any atom is 0.254 e. The minimum Gasteiger partial charge on any atom is -0.355 e. The fourth-order valence-electron chi connectivity index (χ4n) is 4.34. The number of amides is 2. The minimum absolute atomic E-state index is 0.0495. The summed E-state index contributed by atoms with van der Waals surface area (Å²) < 4.78 is 0. The van der Waals surface area contributed by atoms with Crippen molar-refractivity contribution in [2.24, 2.45) is 0 Å². The van der Waals surface area contributed by atoms with E-state index in [-0.39, 0.29) is 18.4 Å². The Hall–Kier alpha value is -2.82. The van der Waals surface area contributed by atoms with Gasteiger partial charge in [-0.2, -0.15) is 0 Å². The van der Waals surface area contributed by atoms with E-state index in [2.05, 4.69) is 43.5 Å². The molecular weight excluding hydrogens is 446 g/mol. The lowest BCUT2D eigenvalue weighted by Gasteiger charge is -2.35. The van der Waals surface area contributed by atoms with Crippen molar-refractivity contribution in [1.29, 1.82) is 0 Å². The van der Waals surface area contributed by atoms with Gasteiger partial charge in [-0.05, 0) is 70.4 Å². The number of aryl methyl sites for hydroxylation is 2. The lowest BCUT2D eigenvalue weighted by Crippen LogP contribution is -2.50. The average molecular weight is 494 g/mol. The molecule has 2 N–H and O–H groups in total. The Morgan fingerprint density at radius 2 is 1.42 bits per heavy atom. The van der Waals surface area contributed by atoms with Gasteiger partial charge in [0.1, 0.15) is 6.54 Å². The normalized spacial score (nSPS) is 11.3. The second-order valence-corrected chi connectivity index (χ2v) is 10.9. The highest BCUT2D eigenvalue weighted by Crippen LogP contribution is 2.26. The van der Waals surface area contributed by atoms with Gasteiger partial charge in [0.05, 0.1) is 0 Å². The lowest BCUT2D eigenvalue weighted by molar-refractivity contribution is -0.122. The lowest BCUT2D eigenvalue weighted by atomic mass is 10.0. The number of benzene rings is 2. The first kappa shape index (κ1) is 29.4. The number of hydrogen-bond acceptors (Lipinski definition) is 3. The van der Waals surface area contributed by atoms with Crippen LogP contribution in [0.25, 0.3) is 0 Å². The molecule has 0 fully saturated rings. The maximum absolute atomic E-state index is 13.5. The molecule has 0 aliphatic heterocycles. The molecule has 0 atom stereocenters. The minimum atomic E-state index is -0.483. The molecule has 0 saturated carbocycles. The van der Waals surface area contributed by atoms with E-state index in [0.29, 0.717) is 12.1 Å². The summed E-state index contributed by atoms with van der Waals surface area (Å²) in [7, 11) is 0. The number of nitrogens with one attached hydrogen (secondary N) is 2. The number of hydrogen-bond donors (Lipinski definition) is 2. The molecule has 0 aliphatic rings. The summed E-state index contributed by atoms with van der Waals surface area (Å²) in [6.45, 7) is 13.0. The summed E-state index contributed by atoms with van der Waals surface area (Å²) in [5.74, 6) is -0.249. The third kappa shape index (κ3) is 9.67. The van der Waals surface area contributed by atoms with Crippen LogP contribution < -0.4 is 10.6 Å². The van der Waals surface area contributed by atoms with Crippen LogP contribution in [0.15, 0.2) is 42.5 Å². The van der Waals surface area contributed by atoms with Gasteiger partial charge < -0.3 is 15.5 Å². The summed E-state index contributed by atoms with van der Waals surface area (Å²) in [6.07, 6.45) is 9.85. The predicted molar refractivity (Wildman–Crippen MR) is 152 cm³/mol. The van der Waals surface area contributed by atoms with Crippen LogP contribution in [-0.4, -0.2) is 35.3 Å². The van der Waals surface area contributed by atoms with Crippen LogP contribution in [0.4, 0.5) is 11.4 Å². The molecular formula is C31H47N3O2. The molecule has 0 bridgehead atoms. The first-order chi connectivity index (χ1) is 17.1. The predicted octanol–water partition coefficient (Wildman–Crippen LogP) is 7.54. The van der Waals surface area contributed by atoms with Gasteiger partial charge in [0.25, 0.3) is 5.91 Å². The third-order valence-corrected chi connectivity index (χ3v) is 6.57. The monoisotopic (exact) mass is 493 g/mol. The van der Waals surface area contributed by atoms with Crippen molar-refractivity contribution in [3.63, 3.8) is 0 Å². The van der Waals surface area contributed by atoms with E-state index in [4.69, 9.17) is 0 Å². The Kier molecular flexibility index (Phi) is 12.0. The van der Waals surface area contributed by atoms with Crippen LogP contribution >= 0.6 is 0 Å². The molecule has 2 rings (SSSR count). The Morgan fingerprint density at radius 3 is 2.03 bits per heavy atom. The van der Waals surface area contributed by atoms with E-state index in [1.165, 1.54) is 38.5 Å². The molecule has 5 heteroatoms. The summed E-state index contributed by atoms with van der Waals surface area (Å²) in [4.78, 5) is 27.9. The number of unbranched alkanes of at least 4 members (excludes halogenated alkanes) is 7. The zero-order valence-electron chi connectivity index (χ0n) is 23.4. The molecule has 36 heavy (non-hydrogen) atoms. The Labute approximate surface area is 219 Å². The van der Waals surface area contributed by atoms with Gasteiger partial charge in [-0.25, -0.2) is 0 Å². The van der Waals surface area contributed by atoms with Crippen molar-refractivity contribution in [3.05, 3.63) is 59.2 Å². The van der Waals surface area contributed by atoms with Gasteiger partial charge >= 0.3 is 0 Å². The zero-order valence-corrected chi connectivity index (χ0v) is 23.4. The SMILES string of the molecule is CCCCCCCCCCNC(=O)CN(C(=O)c1cccc(Nc2c(C)cccc2C)c1)C(C)(C)C. The standard InChI is InChI=1S/C31H47N3O2/c1-7-8-9-10-11-12-13-14-21-32-28(35)23-34(31(4,5)6)30(36)26-19-16-20-27(22-26)33-29-24(2)17-15-18-25(29)3/h15-20,22,33H,7-14,21,23H2,1-6H3,(H,32,35). The van der Waals surface area contributed by atoms with E-state index in [9.17, 15) is 9.59 Å². The summed E-state index contributed by atoms with van der Waals surface area (Å²) >= 11 is 0. The van der Waals surface area contributed by atoms with Crippen molar-refractivity contribution >= 4 is 23.2 Å². The Morgan fingerprint density at radius 1 is 0.833 bits per heavy atom. The van der Waals surface area contributed by atoms with E-state index in [0.717, 1.165) is 35.3 Å². The molecule has 0 saturated heterocycles. The molecule has 0 spiro atoms. The van der Waals surface area contributed by atoms with Crippen molar-refractivity contribution < 1.29 is 9.59 Å². The van der Waals surface area contributed by atoms with Crippen LogP contribution in [-0.2, 0) is 4.79 Å². The van der Waals surface area contributed by atoms with Crippen molar-refractivity contribution in [2.75, 3.05) is 18.4 Å². The average Bonchev–Trinajstić information content (AvgIpc) is 2.83. The van der Waals surface area contributed by atoms with Crippen molar-refractivity contribution in [2.45, 2.75) is 98.4 Å². The van der Waals surface area contributed by atoms with Gasteiger partial charge in [0.15, 0.2) is 0 Å². The first-order valence-corrected chi connectivity index (χ1v) is 13.7. The number of para-hydroxylation sites is 1. The van der Waals surface area contributed by atoms with Crippen molar-refractivity contribution in [3.8, 4) is 0 Å². The number of nitrogens with zero attached hydrogens (tertiary/aromatic N) is 1. The largest absolute Gasteiger partial charge is 0.355 e. The Bertz CT molecular complexity index is 958. The highest BCUT2D eigenvalue weighted by atomic mass is 16.2. The first-order valence-electron chi connectivity index (χ1n) is 13.7. The number of carbonyl (C=O) groups excluding carboxylic acids is 2. The van der Waals surface area contributed by atoms with Crippen LogP contribution in [0.3, 0.4) is 0 Å². The fraction of sp³-hybridized carbons (Fsp3) is 0.548. The molecule has 0 radical (unpaired) electrons. The van der Waals surface area contributed by atoms with Gasteiger partial charge in [-0.3, -0.25) is 9.59 Å². The van der Waals surface area contributed by atoms with Crippen LogP contribution in [0.2, 0.25) is 0 Å². The van der Waals surface area contributed by atoms with E-state index in [1.807, 2.05) is 51.1 Å². The maximum atomic E-state index is 13.5. The molecule has 198 valence electrons. The summed E-state index contributed by atoms with van der Waals surface area (Å²) in [6, 6.07) is 13.7. The van der Waals surface area contributed by atoms with E-state index >= 15 is 0 Å². The van der Waals surface area contributed by atoms with Gasteiger partial charge in [0, 0.05) is 29.0 Å². The smallest absolute Gasteiger partial charge is 0.254 e. The topological polar surface area (TPSA) is 61.4 Å². The number of rotatable bonds is 14. The number of anilines is 2. The van der Waals surface area contributed by atoms with Crippen molar-refractivity contribution in [1.82, 2.24) is 10.2 Å².